The van der Waals surface area contributed by atoms with E-state index in [1.54, 1.807) is 0 Å². The highest BCUT2D eigenvalue weighted by atomic mass is 14.9. The fourth-order valence-electron chi connectivity index (χ4n) is 2.78. The molecule has 0 radical (unpaired) electrons. The maximum Gasteiger partial charge on any atom is -0.00147 e. The van der Waals surface area contributed by atoms with Gasteiger partial charge in [0.25, 0.3) is 0 Å². The molecule has 3 N–H and O–H groups in total. The van der Waals surface area contributed by atoms with Crippen molar-refractivity contribution in [3.05, 3.63) is 0 Å². The number of hydrogen-bond acceptors (Lipinski definition) is 2. The Morgan fingerprint density at radius 2 is 2.17 bits per heavy atom. The normalized spacial score (nSPS) is 34.2. The molecule has 2 aliphatic rings. The summed E-state index contributed by atoms with van der Waals surface area (Å²) in [5, 5.41) is 3.49. The minimum absolute atomic E-state index is 0.549. The summed E-state index contributed by atoms with van der Waals surface area (Å²) in [7, 11) is 0. The van der Waals surface area contributed by atoms with Crippen LogP contribution in [0.5, 0.6) is 0 Å². The lowest BCUT2D eigenvalue weighted by atomic mass is 9.59. The van der Waals surface area contributed by atoms with Crippen LogP contribution in [0.15, 0.2) is 0 Å². The SMILES string of the molecule is NCC1(C2CCCNC2)CCC1. The summed E-state index contributed by atoms with van der Waals surface area (Å²) in [6, 6.07) is 0. The van der Waals surface area contributed by atoms with Gasteiger partial charge in [0.15, 0.2) is 0 Å². The Kier molecular flexibility index (Phi) is 2.37. The third kappa shape index (κ3) is 1.27. The van der Waals surface area contributed by atoms with Gasteiger partial charge in [-0.05, 0) is 56.7 Å². The first-order valence-electron chi connectivity index (χ1n) is 5.28. The lowest BCUT2D eigenvalue weighted by Crippen LogP contribution is -2.49. The Hall–Kier alpha value is -0.0800. The zero-order valence-corrected chi connectivity index (χ0v) is 7.81. The molecular formula is C10H20N2. The Morgan fingerprint density at radius 1 is 1.33 bits per heavy atom. The van der Waals surface area contributed by atoms with Gasteiger partial charge in [0.05, 0.1) is 0 Å². The van der Waals surface area contributed by atoms with Crippen molar-refractivity contribution >= 4 is 0 Å². The van der Waals surface area contributed by atoms with Gasteiger partial charge in [0.2, 0.25) is 0 Å². The minimum Gasteiger partial charge on any atom is -0.330 e. The van der Waals surface area contributed by atoms with E-state index in [2.05, 4.69) is 5.32 Å². The maximum atomic E-state index is 5.87. The molecule has 2 nitrogen and oxygen atoms in total. The molecule has 0 aromatic carbocycles. The standard InChI is InChI=1S/C10H20N2/c11-8-10(4-2-5-10)9-3-1-6-12-7-9/h9,12H,1-8,11H2. The fourth-order valence-corrected chi connectivity index (χ4v) is 2.78. The van der Waals surface area contributed by atoms with Crippen LogP contribution in [0.1, 0.15) is 32.1 Å². The quantitative estimate of drug-likeness (QED) is 0.648. The molecule has 0 aromatic heterocycles. The van der Waals surface area contributed by atoms with E-state index in [0.29, 0.717) is 5.41 Å². The van der Waals surface area contributed by atoms with E-state index in [4.69, 9.17) is 5.73 Å². The van der Waals surface area contributed by atoms with Crippen molar-refractivity contribution in [1.82, 2.24) is 5.32 Å². The first kappa shape index (κ1) is 8.52. The topological polar surface area (TPSA) is 38.0 Å². The first-order chi connectivity index (χ1) is 5.87. The predicted octanol–water partition coefficient (Wildman–Crippen LogP) is 1.11. The molecule has 1 heterocycles. The van der Waals surface area contributed by atoms with E-state index in [9.17, 15) is 0 Å². The summed E-state index contributed by atoms with van der Waals surface area (Å²) >= 11 is 0. The van der Waals surface area contributed by atoms with Crippen LogP contribution in [0.25, 0.3) is 0 Å². The first-order valence-corrected chi connectivity index (χ1v) is 5.28. The molecular weight excluding hydrogens is 148 g/mol. The maximum absolute atomic E-state index is 5.87. The molecule has 1 saturated heterocycles. The van der Waals surface area contributed by atoms with Gasteiger partial charge < -0.3 is 11.1 Å². The largest absolute Gasteiger partial charge is 0.330 e. The average Bonchev–Trinajstić information content (AvgIpc) is 2.05. The summed E-state index contributed by atoms with van der Waals surface area (Å²) in [5.74, 6) is 0.880. The van der Waals surface area contributed by atoms with Crippen LogP contribution in [0.4, 0.5) is 0 Å². The van der Waals surface area contributed by atoms with E-state index >= 15 is 0 Å². The Bertz CT molecular complexity index is 140. The Balaban J connectivity index is 1.95. The van der Waals surface area contributed by atoms with Gasteiger partial charge in [-0.3, -0.25) is 0 Å². The second-order valence-corrected chi connectivity index (χ2v) is 4.46. The molecule has 0 aromatic rings. The number of piperidine rings is 1. The van der Waals surface area contributed by atoms with Crippen molar-refractivity contribution < 1.29 is 0 Å². The summed E-state index contributed by atoms with van der Waals surface area (Å²) in [4.78, 5) is 0. The van der Waals surface area contributed by atoms with E-state index in [-0.39, 0.29) is 0 Å². The Morgan fingerprint density at radius 3 is 2.58 bits per heavy atom. The summed E-state index contributed by atoms with van der Waals surface area (Å²) in [6.45, 7) is 3.35. The van der Waals surface area contributed by atoms with Crippen LogP contribution in [-0.4, -0.2) is 19.6 Å². The highest BCUT2D eigenvalue weighted by Crippen LogP contribution is 2.48. The molecule has 1 aliphatic carbocycles. The van der Waals surface area contributed by atoms with Crippen LogP contribution >= 0.6 is 0 Å². The smallest absolute Gasteiger partial charge is 0.00147 e. The summed E-state index contributed by atoms with van der Waals surface area (Å²) in [5.41, 5.74) is 6.42. The molecule has 2 heteroatoms. The molecule has 1 saturated carbocycles. The third-order valence-electron chi connectivity index (χ3n) is 3.92. The van der Waals surface area contributed by atoms with Crippen LogP contribution in [0, 0.1) is 11.3 Å². The van der Waals surface area contributed by atoms with Crippen LogP contribution in [0.2, 0.25) is 0 Å². The van der Waals surface area contributed by atoms with Crippen molar-refractivity contribution in [2.75, 3.05) is 19.6 Å². The molecule has 0 bridgehead atoms. The van der Waals surface area contributed by atoms with Crippen molar-refractivity contribution in [3.63, 3.8) is 0 Å². The molecule has 2 rings (SSSR count). The number of hydrogen-bond donors (Lipinski definition) is 2. The second-order valence-electron chi connectivity index (χ2n) is 4.46. The van der Waals surface area contributed by atoms with Crippen molar-refractivity contribution in [2.45, 2.75) is 32.1 Å². The van der Waals surface area contributed by atoms with Crippen molar-refractivity contribution in [2.24, 2.45) is 17.1 Å². The van der Waals surface area contributed by atoms with E-state index < -0.39 is 0 Å². The highest BCUT2D eigenvalue weighted by Gasteiger charge is 2.42. The summed E-state index contributed by atoms with van der Waals surface area (Å²) < 4.78 is 0. The fraction of sp³-hybridized carbons (Fsp3) is 1.00. The minimum atomic E-state index is 0.549. The van der Waals surface area contributed by atoms with E-state index in [0.717, 1.165) is 12.5 Å². The lowest BCUT2D eigenvalue weighted by molar-refractivity contribution is 0.0432. The molecule has 70 valence electrons. The van der Waals surface area contributed by atoms with Gasteiger partial charge >= 0.3 is 0 Å². The van der Waals surface area contributed by atoms with Gasteiger partial charge in [-0.2, -0.15) is 0 Å². The second kappa shape index (κ2) is 3.35. The van der Waals surface area contributed by atoms with Gasteiger partial charge in [-0.15, -0.1) is 0 Å². The Labute approximate surface area is 74.9 Å². The number of rotatable bonds is 2. The van der Waals surface area contributed by atoms with Crippen LogP contribution in [-0.2, 0) is 0 Å². The molecule has 1 atom stereocenters. The van der Waals surface area contributed by atoms with Gasteiger partial charge in [0.1, 0.15) is 0 Å². The monoisotopic (exact) mass is 168 g/mol. The molecule has 1 unspecified atom stereocenters. The highest BCUT2D eigenvalue weighted by molar-refractivity contribution is 4.95. The predicted molar refractivity (Wildman–Crippen MR) is 50.9 cm³/mol. The van der Waals surface area contributed by atoms with Crippen molar-refractivity contribution in [1.29, 1.82) is 0 Å². The van der Waals surface area contributed by atoms with Crippen LogP contribution < -0.4 is 11.1 Å². The van der Waals surface area contributed by atoms with Gasteiger partial charge in [0, 0.05) is 0 Å². The molecule has 0 spiro atoms. The van der Waals surface area contributed by atoms with Crippen LogP contribution in [0.3, 0.4) is 0 Å². The summed E-state index contributed by atoms with van der Waals surface area (Å²) in [6.07, 6.45) is 6.94. The third-order valence-corrected chi connectivity index (χ3v) is 3.92. The average molecular weight is 168 g/mol. The number of nitrogens with one attached hydrogen (secondary N) is 1. The van der Waals surface area contributed by atoms with E-state index in [1.807, 2.05) is 0 Å². The zero-order chi connectivity index (χ0) is 8.44. The van der Waals surface area contributed by atoms with Gasteiger partial charge in [-0.25, -0.2) is 0 Å². The number of nitrogens with two attached hydrogens (primary N) is 1. The van der Waals surface area contributed by atoms with Gasteiger partial charge in [-0.1, -0.05) is 6.42 Å². The molecule has 2 fully saturated rings. The molecule has 12 heavy (non-hydrogen) atoms. The molecule has 1 aliphatic heterocycles. The molecule has 0 amide bonds. The van der Waals surface area contributed by atoms with E-state index in [1.165, 1.54) is 45.2 Å². The zero-order valence-electron chi connectivity index (χ0n) is 7.81. The lowest BCUT2D eigenvalue weighted by Gasteiger charge is -2.48. The van der Waals surface area contributed by atoms with Crippen molar-refractivity contribution in [3.8, 4) is 0 Å².